The first kappa shape index (κ1) is 11.8. The van der Waals surface area contributed by atoms with E-state index in [1.165, 1.54) is 5.56 Å². The van der Waals surface area contributed by atoms with Gasteiger partial charge in [-0.15, -0.1) is 11.3 Å². The molecular weight excluding hydrogens is 284 g/mol. The van der Waals surface area contributed by atoms with Crippen molar-refractivity contribution in [2.75, 3.05) is 0 Å². The molecule has 1 aromatic heterocycles. The highest BCUT2D eigenvalue weighted by atomic mass is 79.9. The summed E-state index contributed by atoms with van der Waals surface area (Å²) in [6, 6.07) is 8.25. The number of halogens is 1. The van der Waals surface area contributed by atoms with Crippen molar-refractivity contribution in [1.82, 2.24) is 10.3 Å². The predicted molar refractivity (Wildman–Crippen MR) is 71.5 cm³/mol. The standard InChI is InChI=1S/C12H13BrN2S/c1-9-15-11(8-16-9)7-14-6-10-4-2-3-5-12(10)13/h2-5,8,14H,6-7H2,1H3. The maximum absolute atomic E-state index is 4.41. The smallest absolute Gasteiger partial charge is 0.0897 e. The minimum absolute atomic E-state index is 0.825. The van der Waals surface area contributed by atoms with E-state index in [4.69, 9.17) is 0 Å². The van der Waals surface area contributed by atoms with Crippen molar-refractivity contribution in [3.8, 4) is 0 Å². The molecule has 1 N–H and O–H groups in total. The lowest BCUT2D eigenvalue weighted by Crippen LogP contribution is -2.13. The molecular formula is C12H13BrN2S. The zero-order chi connectivity index (χ0) is 11.4. The average Bonchev–Trinajstić information content (AvgIpc) is 2.67. The maximum Gasteiger partial charge on any atom is 0.0897 e. The third kappa shape index (κ3) is 3.14. The average molecular weight is 297 g/mol. The number of hydrogen-bond acceptors (Lipinski definition) is 3. The number of nitrogens with one attached hydrogen (secondary N) is 1. The summed E-state index contributed by atoms with van der Waals surface area (Å²) in [5.74, 6) is 0. The number of rotatable bonds is 4. The highest BCUT2D eigenvalue weighted by Gasteiger charge is 2.00. The first-order valence-corrected chi connectivity index (χ1v) is 6.78. The molecule has 2 nitrogen and oxygen atoms in total. The quantitative estimate of drug-likeness (QED) is 0.934. The molecule has 0 amide bonds. The number of nitrogens with zero attached hydrogens (tertiary/aromatic N) is 1. The van der Waals surface area contributed by atoms with Gasteiger partial charge in [-0.25, -0.2) is 4.98 Å². The van der Waals surface area contributed by atoms with Crippen LogP contribution in [-0.4, -0.2) is 4.98 Å². The molecule has 1 heterocycles. The number of aromatic nitrogens is 1. The van der Waals surface area contributed by atoms with Gasteiger partial charge in [-0.1, -0.05) is 34.1 Å². The largest absolute Gasteiger partial charge is 0.307 e. The van der Waals surface area contributed by atoms with Crippen molar-refractivity contribution in [3.63, 3.8) is 0 Å². The molecule has 0 saturated carbocycles. The van der Waals surface area contributed by atoms with Crippen LogP contribution in [0.5, 0.6) is 0 Å². The normalized spacial score (nSPS) is 10.6. The highest BCUT2D eigenvalue weighted by Crippen LogP contribution is 2.15. The molecule has 2 aromatic rings. The van der Waals surface area contributed by atoms with Crippen molar-refractivity contribution in [1.29, 1.82) is 0 Å². The van der Waals surface area contributed by atoms with Crippen LogP contribution in [0.25, 0.3) is 0 Å². The van der Waals surface area contributed by atoms with E-state index in [0.29, 0.717) is 0 Å². The first-order valence-electron chi connectivity index (χ1n) is 5.11. The van der Waals surface area contributed by atoms with Gasteiger partial charge < -0.3 is 5.32 Å². The molecule has 0 aliphatic heterocycles. The fraction of sp³-hybridized carbons (Fsp3) is 0.250. The van der Waals surface area contributed by atoms with E-state index in [9.17, 15) is 0 Å². The van der Waals surface area contributed by atoms with Crippen LogP contribution < -0.4 is 5.32 Å². The molecule has 2 rings (SSSR count). The van der Waals surface area contributed by atoms with Crippen LogP contribution in [0.4, 0.5) is 0 Å². The van der Waals surface area contributed by atoms with Gasteiger partial charge in [0.2, 0.25) is 0 Å². The van der Waals surface area contributed by atoms with Crippen LogP contribution in [0.3, 0.4) is 0 Å². The summed E-state index contributed by atoms with van der Waals surface area (Å²) >= 11 is 5.23. The van der Waals surface area contributed by atoms with Crippen molar-refractivity contribution >= 4 is 27.3 Å². The molecule has 4 heteroatoms. The molecule has 0 spiro atoms. The van der Waals surface area contributed by atoms with Crippen LogP contribution in [0.15, 0.2) is 34.1 Å². The summed E-state index contributed by atoms with van der Waals surface area (Å²) in [5, 5.41) is 6.61. The van der Waals surface area contributed by atoms with Crippen molar-refractivity contribution < 1.29 is 0 Å². The Labute approximate surface area is 108 Å². The lowest BCUT2D eigenvalue weighted by atomic mass is 10.2. The molecule has 0 radical (unpaired) electrons. The molecule has 0 bridgehead atoms. The fourth-order valence-electron chi connectivity index (χ4n) is 1.46. The van der Waals surface area contributed by atoms with E-state index < -0.39 is 0 Å². The third-order valence-electron chi connectivity index (χ3n) is 2.25. The maximum atomic E-state index is 4.41. The van der Waals surface area contributed by atoms with Gasteiger partial charge in [-0.3, -0.25) is 0 Å². The zero-order valence-corrected chi connectivity index (χ0v) is 11.4. The first-order chi connectivity index (χ1) is 7.75. The Bertz CT molecular complexity index is 468. The molecule has 0 aliphatic carbocycles. The number of benzene rings is 1. The topological polar surface area (TPSA) is 24.9 Å². The SMILES string of the molecule is Cc1nc(CNCc2ccccc2Br)cs1. The summed E-state index contributed by atoms with van der Waals surface area (Å²) in [7, 11) is 0. The van der Waals surface area contributed by atoms with Crippen molar-refractivity contribution in [2.45, 2.75) is 20.0 Å². The number of thiazole rings is 1. The van der Waals surface area contributed by atoms with E-state index in [2.05, 4.69) is 49.8 Å². The molecule has 0 aliphatic rings. The van der Waals surface area contributed by atoms with Gasteiger partial charge in [0.25, 0.3) is 0 Å². The molecule has 0 fully saturated rings. The van der Waals surface area contributed by atoms with E-state index in [0.717, 1.165) is 28.3 Å². The molecule has 0 saturated heterocycles. The van der Waals surface area contributed by atoms with Crippen molar-refractivity contribution in [2.24, 2.45) is 0 Å². The van der Waals surface area contributed by atoms with E-state index in [-0.39, 0.29) is 0 Å². The summed E-state index contributed by atoms with van der Waals surface area (Å²) in [4.78, 5) is 4.41. The van der Waals surface area contributed by atoms with Gasteiger partial charge in [0.05, 0.1) is 10.7 Å². The van der Waals surface area contributed by atoms with Crippen LogP contribution in [0.1, 0.15) is 16.3 Å². The van der Waals surface area contributed by atoms with Gasteiger partial charge in [-0.05, 0) is 18.6 Å². The lowest BCUT2D eigenvalue weighted by Gasteiger charge is -2.05. The van der Waals surface area contributed by atoms with Crippen LogP contribution in [0.2, 0.25) is 0 Å². The van der Waals surface area contributed by atoms with Gasteiger partial charge in [0.1, 0.15) is 0 Å². The second-order valence-corrected chi connectivity index (χ2v) is 5.47. The van der Waals surface area contributed by atoms with Crippen molar-refractivity contribution in [3.05, 3.63) is 50.4 Å². The predicted octanol–water partition coefficient (Wildman–Crippen LogP) is 3.50. The minimum Gasteiger partial charge on any atom is -0.307 e. The minimum atomic E-state index is 0.825. The summed E-state index contributed by atoms with van der Waals surface area (Å²) in [6.07, 6.45) is 0. The fourth-order valence-corrected chi connectivity index (χ4v) is 2.49. The molecule has 16 heavy (non-hydrogen) atoms. The van der Waals surface area contributed by atoms with Gasteiger partial charge >= 0.3 is 0 Å². The Morgan fingerprint density at radius 2 is 2.12 bits per heavy atom. The number of aryl methyl sites for hydroxylation is 1. The number of hydrogen-bond donors (Lipinski definition) is 1. The molecule has 0 atom stereocenters. The second-order valence-electron chi connectivity index (χ2n) is 3.55. The van der Waals surface area contributed by atoms with Gasteiger partial charge in [-0.2, -0.15) is 0 Å². The van der Waals surface area contributed by atoms with Gasteiger partial charge in [0.15, 0.2) is 0 Å². The molecule has 0 unspecified atom stereocenters. The highest BCUT2D eigenvalue weighted by molar-refractivity contribution is 9.10. The Hall–Kier alpha value is -0.710. The van der Waals surface area contributed by atoms with Gasteiger partial charge in [0, 0.05) is 22.9 Å². The monoisotopic (exact) mass is 296 g/mol. The summed E-state index contributed by atoms with van der Waals surface area (Å²) < 4.78 is 1.15. The van der Waals surface area contributed by atoms with E-state index >= 15 is 0 Å². The van der Waals surface area contributed by atoms with Crippen LogP contribution >= 0.6 is 27.3 Å². The second kappa shape index (κ2) is 5.57. The Balaban J connectivity index is 1.87. The van der Waals surface area contributed by atoms with Crippen LogP contribution in [0, 0.1) is 6.92 Å². The van der Waals surface area contributed by atoms with E-state index in [1.54, 1.807) is 11.3 Å². The Kier molecular flexibility index (Phi) is 4.09. The zero-order valence-electron chi connectivity index (χ0n) is 9.03. The van der Waals surface area contributed by atoms with E-state index in [1.807, 2.05) is 13.0 Å². The lowest BCUT2D eigenvalue weighted by molar-refractivity contribution is 0.680. The Morgan fingerprint density at radius 3 is 2.81 bits per heavy atom. The summed E-state index contributed by atoms with van der Waals surface area (Å²) in [6.45, 7) is 3.71. The van der Waals surface area contributed by atoms with Crippen LogP contribution in [-0.2, 0) is 13.1 Å². The summed E-state index contributed by atoms with van der Waals surface area (Å²) in [5.41, 5.74) is 2.39. The third-order valence-corrected chi connectivity index (χ3v) is 3.84. The molecule has 84 valence electrons. The molecule has 1 aromatic carbocycles. The Morgan fingerprint density at radius 1 is 1.31 bits per heavy atom.